The Hall–Kier alpha value is -2.05. The van der Waals surface area contributed by atoms with Crippen molar-refractivity contribution in [1.82, 2.24) is 15.0 Å². The SMILES string of the molecule is O=S(=O)(Cc1ccncn1)c1ccc2c(Cl)nccc2c1. The normalized spacial score (nSPS) is 11.7. The van der Waals surface area contributed by atoms with E-state index in [9.17, 15) is 8.42 Å². The minimum atomic E-state index is -3.47. The maximum Gasteiger partial charge on any atom is 0.184 e. The first-order valence-corrected chi connectivity index (χ1v) is 8.11. The minimum absolute atomic E-state index is 0.167. The number of benzene rings is 1. The first kappa shape index (κ1) is 13.9. The third-order valence-electron chi connectivity index (χ3n) is 3.03. The molecule has 3 rings (SSSR count). The van der Waals surface area contributed by atoms with Gasteiger partial charge in [0.2, 0.25) is 0 Å². The van der Waals surface area contributed by atoms with Crippen molar-refractivity contribution in [3.8, 4) is 0 Å². The summed E-state index contributed by atoms with van der Waals surface area (Å²) in [6.07, 6.45) is 4.39. The van der Waals surface area contributed by atoms with Crippen molar-refractivity contribution in [3.05, 3.63) is 59.9 Å². The molecule has 0 aliphatic heterocycles. The van der Waals surface area contributed by atoms with Crippen molar-refractivity contribution < 1.29 is 8.42 Å². The molecule has 7 heteroatoms. The quantitative estimate of drug-likeness (QED) is 0.694. The zero-order chi connectivity index (χ0) is 14.9. The molecule has 21 heavy (non-hydrogen) atoms. The van der Waals surface area contributed by atoms with Crippen LogP contribution in [0.15, 0.2) is 53.9 Å². The molecule has 5 nitrogen and oxygen atoms in total. The molecule has 2 aromatic heterocycles. The summed E-state index contributed by atoms with van der Waals surface area (Å²) in [5.41, 5.74) is 0.456. The van der Waals surface area contributed by atoms with Crippen molar-refractivity contribution in [2.75, 3.05) is 0 Å². The summed E-state index contributed by atoms with van der Waals surface area (Å²) in [5, 5.41) is 1.81. The molecule has 106 valence electrons. The fourth-order valence-corrected chi connectivity index (χ4v) is 3.53. The van der Waals surface area contributed by atoms with Crippen LogP contribution < -0.4 is 0 Å². The van der Waals surface area contributed by atoms with Gasteiger partial charge in [-0.15, -0.1) is 0 Å². The van der Waals surface area contributed by atoms with E-state index in [2.05, 4.69) is 15.0 Å². The first-order valence-electron chi connectivity index (χ1n) is 6.08. The number of hydrogen-bond acceptors (Lipinski definition) is 5. The highest BCUT2D eigenvalue weighted by Gasteiger charge is 2.17. The van der Waals surface area contributed by atoms with Gasteiger partial charge >= 0.3 is 0 Å². The number of aromatic nitrogens is 3. The molecule has 3 aromatic rings. The predicted octanol–water partition coefficient (Wildman–Crippen LogP) is 2.65. The standard InChI is InChI=1S/C14H10ClN3O2S/c15-14-13-2-1-12(7-10(13)3-6-17-14)21(19,20)8-11-4-5-16-9-18-11/h1-7,9H,8H2. The van der Waals surface area contributed by atoms with Crippen molar-refractivity contribution in [2.24, 2.45) is 0 Å². The summed E-state index contributed by atoms with van der Waals surface area (Å²) in [4.78, 5) is 11.9. The van der Waals surface area contributed by atoms with Gasteiger partial charge in [-0.05, 0) is 35.7 Å². The van der Waals surface area contributed by atoms with Gasteiger partial charge in [-0.25, -0.2) is 23.4 Å². The van der Waals surface area contributed by atoms with Crippen LogP contribution in [0.2, 0.25) is 5.15 Å². The van der Waals surface area contributed by atoms with Gasteiger partial charge in [0.05, 0.1) is 16.3 Å². The van der Waals surface area contributed by atoms with E-state index in [0.717, 1.165) is 10.8 Å². The van der Waals surface area contributed by atoms with Gasteiger partial charge in [-0.3, -0.25) is 0 Å². The molecule has 0 saturated heterocycles. The molecule has 2 heterocycles. The van der Waals surface area contributed by atoms with Crippen LogP contribution in [0.3, 0.4) is 0 Å². The average molecular weight is 320 g/mol. The molecular formula is C14H10ClN3O2S. The number of fused-ring (bicyclic) bond motifs is 1. The Balaban J connectivity index is 2.03. The van der Waals surface area contributed by atoms with Crippen molar-refractivity contribution in [2.45, 2.75) is 10.6 Å². The Bertz CT molecular complexity index is 898. The maximum absolute atomic E-state index is 12.4. The van der Waals surface area contributed by atoms with E-state index in [1.54, 1.807) is 30.5 Å². The zero-order valence-corrected chi connectivity index (χ0v) is 12.3. The smallest absolute Gasteiger partial charge is 0.184 e. The van der Waals surface area contributed by atoms with Gasteiger partial charge < -0.3 is 0 Å². The highest BCUT2D eigenvalue weighted by molar-refractivity contribution is 7.90. The lowest BCUT2D eigenvalue weighted by Gasteiger charge is -2.06. The van der Waals surface area contributed by atoms with Crippen molar-refractivity contribution >= 4 is 32.2 Å². The third kappa shape index (κ3) is 2.86. The van der Waals surface area contributed by atoms with Crippen molar-refractivity contribution in [3.63, 3.8) is 0 Å². The van der Waals surface area contributed by atoms with Gasteiger partial charge in [0.15, 0.2) is 9.84 Å². The Morgan fingerprint density at radius 3 is 2.67 bits per heavy atom. The molecule has 0 bridgehead atoms. The number of nitrogens with zero attached hydrogens (tertiary/aromatic N) is 3. The second-order valence-corrected chi connectivity index (χ2v) is 6.79. The molecule has 1 aromatic carbocycles. The molecule has 0 saturated carbocycles. The molecule has 0 unspecified atom stereocenters. The van der Waals surface area contributed by atoms with Crippen molar-refractivity contribution in [1.29, 1.82) is 0 Å². The molecule has 0 N–H and O–H groups in total. The minimum Gasteiger partial charge on any atom is -0.245 e. The molecule has 0 spiro atoms. The van der Waals surface area contributed by atoms with Crippen LogP contribution in [0, 0.1) is 0 Å². The highest BCUT2D eigenvalue weighted by atomic mass is 35.5. The van der Waals surface area contributed by atoms with Gasteiger partial charge in [0.25, 0.3) is 0 Å². The summed E-state index contributed by atoms with van der Waals surface area (Å²) in [6, 6.07) is 8.10. The number of sulfone groups is 1. The van der Waals surface area contributed by atoms with Gasteiger partial charge in [0, 0.05) is 17.8 Å². The van der Waals surface area contributed by atoms with E-state index in [1.807, 2.05) is 0 Å². The van der Waals surface area contributed by atoms with E-state index in [1.165, 1.54) is 18.6 Å². The van der Waals surface area contributed by atoms with Crippen LogP contribution in [-0.4, -0.2) is 23.4 Å². The Labute approximate surface area is 126 Å². The van der Waals surface area contributed by atoms with Crippen LogP contribution in [0.25, 0.3) is 10.8 Å². The van der Waals surface area contributed by atoms with Crippen LogP contribution in [0.5, 0.6) is 0 Å². The van der Waals surface area contributed by atoms with Gasteiger partial charge in [-0.1, -0.05) is 11.6 Å². The number of rotatable bonds is 3. The molecule has 0 atom stereocenters. The molecule has 0 radical (unpaired) electrons. The van der Waals surface area contributed by atoms with E-state index in [4.69, 9.17) is 11.6 Å². The zero-order valence-electron chi connectivity index (χ0n) is 10.8. The predicted molar refractivity (Wildman–Crippen MR) is 79.7 cm³/mol. The van der Waals surface area contributed by atoms with Gasteiger partial charge in [-0.2, -0.15) is 0 Å². The number of halogens is 1. The highest BCUT2D eigenvalue weighted by Crippen LogP contribution is 2.25. The Morgan fingerprint density at radius 2 is 1.90 bits per heavy atom. The van der Waals surface area contributed by atoms with E-state index in [0.29, 0.717) is 10.8 Å². The van der Waals surface area contributed by atoms with E-state index < -0.39 is 9.84 Å². The summed E-state index contributed by atoms with van der Waals surface area (Å²) in [5.74, 6) is -0.167. The number of hydrogen-bond donors (Lipinski definition) is 0. The largest absolute Gasteiger partial charge is 0.245 e. The van der Waals surface area contributed by atoms with E-state index >= 15 is 0 Å². The van der Waals surface area contributed by atoms with Crippen LogP contribution in [0.1, 0.15) is 5.69 Å². The lowest BCUT2D eigenvalue weighted by Crippen LogP contribution is -2.06. The summed E-state index contributed by atoms with van der Waals surface area (Å²) in [7, 11) is -3.47. The monoisotopic (exact) mass is 319 g/mol. The maximum atomic E-state index is 12.4. The second kappa shape index (κ2) is 5.38. The summed E-state index contributed by atoms with van der Waals surface area (Å²) >= 11 is 5.98. The lowest BCUT2D eigenvalue weighted by molar-refractivity contribution is 0.594. The second-order valence-electron chi connectivity index (χ2n) is 4.44. The molecular weight excluding hydrogens is 310 g/mol. The fourth-order valence-electron chi connectivity index (χ4n) is 1.99. The fraction of sp³-hybridized carbons (Fsp3) is 0.0714. The van der Waals surface area contributed by atoms with Crippen LogP contribution in [-0.2, 0) is 15.6 Å². The molecule has 0 fully saturated rings. The van der Waals surface area contributed by atoms with E-state index in [-0.39, 0.29) is 10.6 Å². The Kier molecular flexibility index (Phi) is 3.57. The molecule has 0 aliphatic carbocycles. The van der Waals surface area contributed by atoms with Gasteiger partial charge in [0.1, 0.15) is 11.5 Å². The molecule has 0 aliphatic rings. The topological polar surface area (TPSA) is 72.8 Å². The van der Waals surface area contributed by atoms with Crippen LogP contribution in [0.4, 0.5) is 0 Å². The number of pyridine rings is 1. The summed E-state index contributed by atoms with van der Waals surface area (Å²) in [6.45, 7) is 0. The first-order chi connectivity index (χ1) is 10.1. The third-order valence-corrected chi connectivity index (χ3v) is 4.98. The average Bonchev–Trinajstić information content (AvgIpc) is 2.48. The molecule has 0 amide bonds. The summed E-state index contributed by atoms with van der Waals surface area (Å²) < 4.78 is 24.8. The Morgan fingerprint density at radius 1 is 1.05 bits per heavy atom. The van der Waals surface area contributed by atoms with Crippen LogP contribution >= 0.6 is 11.6 Å². The lowest BCUT2D eigenvalue weighted by atomic mass is 10.2.